The van der Waals surface area contributed by atoms with Crippen LogP contribution in [0.5, 0.6) is 0 Å². The summed E-state index contributed by atoms with van der Waals surface area (Å²) in [6.45, 7) is 2.85. The topological polar surface area (TPSA) is 64.1 Å². The molecule has 1 N–H and O–H groups in total. The third-order valence-corrected chi connectivity index (χ3v) is 4.85. The second-order valence-corrected chi connectivity index (χ2v) is 6.91. The fourth-order valence-corrected chi connectivity index (χ4v) is 3.34. The van der Waals surface area contributed by atoms with Crippen molar-refractivity contribution < 1.29 is 14.7 Å². The lowest BCUT2D eigenvalue weighted by molar-refractivity contribution is -0.138. The highest BCUT2D eigenvalue weighted by Crippen LogP contribution is 2.16. The Morgan fingerprint density at radius 2 is 1.85 bits per heavy atom. The van der Waals surface area contributed by atoms with Crippen LogP contribution in [0.15, 0.2) is 30.3 Å². The monoisotopic (exact) mass is 383 g/mol. The van der Waals surface area contributed by atoms with Crippen molar-refractivity contribution in [1.82, 2.24) is 14.7 Å². The van der Waals surface area contributed by atoms with Crippen molar-refractivity contribution in [2.75, 3.05) is 40.3 Å². The van der Waals surface area contributed by atoms with Crippen LogP contribution in [0.1, 0.15) is 24.8 Å². The number of amides is 1. The summed E-state index contributed by atoms with van der Waals surface area (Å²) in [6, 6.07) is 10.3. The third kappa shape index (κ3) is 7.32. The fourth-order valence-electron chi connectivity index (χ4n) is 3.34. The Balaban J connectivity index is 0.00000338. The lowest BCUT2D eigenvalue weighted by Gasteiger charge is -2.26. The van der Waals surface area contributed by atoms with Gasteiger partial charge in [0.2, 0.25) is 5.91 Å². The number of nitrogens with zero attached hydrogens (tertiary/aromatic N) is 3. The smallest absolute Gasteiger partial charge is 0.317 e. The van der Waals surface area contributed by atoms with Crippen LogP contribution in [0, 0.1) is 0 Å². The highest BCUT2D eigenvalue weighted by Gasteiger charge is 2.23. The zero-order valence-electron chi connectivity index (χ0n) is 15.6. The van der Waals surface area contributed by atoms with Gasteiger partial charge in [-0.1, -0.05) is 30.3 Å². The van der Waals surface area contributed by atoms with Crippen molar-refractivity contribution in [3.05, 3.63) is 35.9 Å². The molecule has 0 bridgehead atoms. The molecule has 1 unspecified atom stereocenters. The molecule has 7 heteroatoms. The van der Waals surface area contributed by atoms with Crippen molar-refractivity contribution in [3.63, 3.8) is 0 Å². The molecule has 1 saturated heterocycles. The predicted octanol–water partition coefficient (Wildman–Crippen LogP) is 1.94. The summed E-state index contributed by atoms with van der Waals surface area (Å²) in [7, 11) is 3.71. The highest BCUT2D eigenvalue weighted by molar-refractivity contribution is 5.85. The molecular formula is C19H30ClN3O3. The zero-order valence-corrected chi connectivity index (χ0v) is 16.5. The molecule has 0 aromatic heterocycles. The summed E-state index contributed by atoms with van der Waals surface area (Å²) in [5.41, 5.74) is 1.13. The summed E-state index contributed by atoms with van der Waals surface area (Å²) < 4.78 is 0. The van der Waals surface area contributed by atoms with Crippen LogP contribution in [0.2, 0.25) is 0 Å². The lowest BCUT2D eigenvalue weighted by atomic mass is 10.1. The first kappa shape index (κ1) is 22.4. The number of likely N-dealkylation sites (tertiary alicyclic amines) is 1. The minimum absolute atomic E-state index is 0. The quantitative estimate of drug-likeness (QED) is 0.779. The van der Waals surface area contributed by atoms with Gasteiger partial charge >= 0.3 is 5.97 Å². The van der Waals surface area contributed by atoms with Crippen LogP contribution in [0.4, 0.5) is 0 Å². The Hall–Kier alpha value is -1.63. The Kier molecular flexibility index (Phi) is 9.62. The molecule has 26 heavy (non-hydrogen) atoms. The molecule has 1 aliphatic rings. The summed E-state index contributed by atoms with van der Waals surface area (Å²) in [5.74, 6) is -0.664. The molecule has 1 aromatic rings. The molecule has 1 fully saturated rings. The molecular weight excluding hydrogens is 354 g/mol. The minimum atomic E-state index is -0.790. The maximum atomic E-state index is 12.5. The SMILES string of the molecule is CN(Cc1ccccc1)C(=O)CN1CCCC(N(C)CC(=O)O)CC1.Cl. The van der Waals surface area contributed by atoms with Gasteiger partial charge in [-0.2, -0.15) is 0 Å². The molecule has 0 spiro atoms. The molecule has 1 aromatic carbocycles. The standard InChI is InChI=1S/C19H29N3O3.ClH/c1-20(15-19(24)25)17-9-6-11-22(12-10-17)14-18(23)21(2)13-16-7-4-3-5-8-16;/h3-5,7-8,17H,6,9-15H2,1-2H3,(H,24,25);1H. The van der Waals surface area contributed by atoms with E-state index in [0.29, 0.717) is 13.1 Å². The molecule has 1 aliphatic heterocycles. The summed E-state index contributed by atoms with van der Waals surface area (Å²) in [6.07, 6.45) is 2.87. The number of halogens is 1. The van der Waals surface area contributed by atoms with Gasteiger partial charge in [-0.15, -0.1) is 12.4 Å². The van der Waals surface area contributed by atoms with Gasteiger partial charge in [0, 0.05) is 26.2 Å². The van der Waals surface area contributed by atoms with Crippen LogP contribution in [-0.2, 0) is 16.1 Å². The van der Waals surface area contributed by atoms with E-state index in [1.165, 1.54) is 0 Å². The molecule has 1 amide bonds. The van der Waals surface area contributed by atoms with E-state index in [2.05, 4.69) is 4.90 Å². The van der Waals surface area contributed by atoms with E-state index in [-0.39, 0.29) is 30.9 Å². The Morgan fingerprint density at radius 1 is 1.15 bits per heavy atom. The van der Waals surface area contributed by atoms with E-state index in [4.69, 9.17) is 5.11 Å². The number of benzene rings is 1. The zero-order chi connectivity index (χ0) is 18.2. The van der Waals surface area contributed by atoms with Gasteiger partial charge in [0.15, 0.2) is 0 Å². The molecule has 2 rings (SSSR count). The molecule has 146 valence electrons. The molecule has 0 radical (unpaired) electrons. The van der Waals surface area contributed by atoms with Crippen LogP contribution >= 0.6 is 12.4 Å². The van der Waals surface area contributed by atoms with Gasteiger partial charge < -0.3 is 10.0 Å². The number of carboxylic acids is 1. The van der Waals surface area contributed by atoms with Gasteiger partial charge in [0.05, 0.1) is 13.1 Å². The second-order valence-electron chi connectivity index (χ2n) is 6.91. The molecule has 1 atom stereocenters. The lowest BCUT2D eigenvalue weighted by Crippen LogP contribution is -2.39. The predicted molar refractivity (Wildman–Crippen MR) is 105 cm³/mol. The van der Waals surface area contributed by atoms with Gasteiger partial charge in [0.1, 0.15) is 0 Å². The summed E-state index contributed by atoms with van der Waals surface area (Å²) >= 11 is 0. The normalized spacial score (nSPS) is 18.0. The average molecular weight is 384 g/mol. The van der Waals surface area contributed by atoms with E-state index in [9.17, 15) is 9.59 Å². The Bertz CT molecular complexity index is 570. The molecule has 0 aliphatic carbocycles. The van der Waals surface area contributed by atoms with Gasteiger partial charge in [-0.3, -0.25) is 19.4 Å². The highest BCUT2D eigenvalue weighted by atomic mass is 35.5. The number of hydrogen-bond acceptors (Lipinski definition) is 4. The first-order chi connectivity index (χ1) is 12.0. The van der Waals surface area contributed by atoms with Crippen LogP contribution in [0.25, 0.3) is 0 Å². The van der Waals surface area contributed by atoms with Crippen molar-refractivity contribution in [2.24, 2.45) is 0 Å². The van der Waals surface area contributed by atoms with Gasteiger partial charge in [-0.05, 0) is 38.4 Å². The van der Waals surface area contributed by atoms with E-state index in [0.717, 1.165) is 37.9 Å². The number of hydrogen-bond donors (Lipinski definition) is 1. The summed E-state index contributed by atoms with van der Waals surface area (Å²) in [5, 5.41) is 8.94. The van der Waals surface area contributed by atoms with Crippen LogP contribution in [0.3, 0.4) is 0 Å². The number of carbonyl (C=O) groups excluding carboxylic acids is 1. The maximum absolute atomic E-state index is 12.5. The second kappa shape index (κ2) is 11.2. The number of aliphatic carboxylic acids is 1. The van der Waals surface area contributed by atoms with Crippen molar-refractivity contribution >= 4 is 24.3 Å². The molecule has 1 heterocycles. The van der Waals surface area contributed by atoms with E-state index in [1.807, 2.05) is 49.3 Å². The van der Waals surface area contributed by atoms with Crippen LogP contribution < -0.4 is 0 Å². The van der Waals surface area contributed by atoms with Gasteiger partial charge in [-0.25, -0.2) is 0 Å². The summed E-state index contributed by atoms with van der Waals surface area (Å²) in [4.78, 5) is 29.2. The first-order valence-electron chi connectivity index (χ1n) is 8.88. The average Bonchev–Trinajstić information content (AvgIpc) is 2.80. The molecule has 0 saturated carbocycles. The Labute approximate surface area is 162 Å². The fraction of sp³-hybridized carbons (Fsp3) is 0.579. The molecule has 6 nitrogen and oxygen atoms in total. The maximum Gasteiger partial charge on any atom is 0.317 e. The third-order valence-electron chi connectivity index (χ3n) is 4.85. The van der Waals surface area contributed by atoms with Crippen molar-refractivity contribution in [1.29, 1.82) is 0 Å². The van der Waals surface area contributed by atoms with E-state index >= 15 is 0 Å². The first-order valence-corrected chi connectivity index (χ1v) is 8.88. The largest absolute Gasteiger partial charge is 0.480 e. The van der Waals surface area contributed by atoms with Crippen molar-refractivity contribution in [3.8, 4) is 0 Å². The van der Waals surface area contributed by atoms with Crippen molar-refractivity contribution in [2.45, 2.75) is 31.8 Å². The number of carboxylic acid groups (broad SMARTS) is 1. The minimum Gasteiger partial charge on any atom is -0.480 e. The van der Waals surface area contributed by atoms with Gasteiger partial charge in [0.25, 0.3) is 0 Å². The Morgan fingerprint density at radius 3 is 2.50 bits per heavy atom. The van der Waals surface area contributed by atoms with E-state index in [1.54, 1.807) is 4.90 Å². The number of likely N-dealkylation sites (N-methyl/N-ethyl adjacent to an activating group) is 2. The van der Waals surface area contributed by atoms with Crippen LogP contribution in [-0.4, -0.2) is 78.0 Å². The van der Waals surface area contributed by atoms with E-state index < -0.39 is 5.97 Å². The number of rotatable bonds is 7. The number of carbonyl (C=O) groups is 2.